The lowest BCUT2D eigenvalue weighted by molar-refractivity contribution is -0.117. The Morgan fingerprint density at radius 2 is 2.30 bits per heavy atom. The van der Waals surface area contributed by atoms with Crippen LogP contribution in [0.3, 0.4) is 0 Å². The van der Waals surface area contributed by atoms with Crippen molar-refractivity contribution in [1.82, 2.24) is 5.32 Å². The van der Waals surface area contributed by atoms with Crippen LogP contribution in [0.15, 0.2) is 24.3 Å². The molecule has 2 aliphatic heterocycles. The maximum absolute atomic E-state index is 12.2. The van der Waals surface area contributed by atoms with Crippen LogP contribution in [0, 0.1) is 0 Å². The Morgan fingerprint density at radius 1 is 1.43 bits per heavy atom. The minimum Gasteiger partial charge on any atom is -0.376 e. The number of benzene rings is 1. The number of rotatable bonds is 5. The molecule has 1 N–H and O–H groups in total. The van der Waals surface area contributed by atoms with E-state index in [1.165, 1.54) is 6.42 Å². The van der Waals surface area contributed by atoms with Crippen LogP contribution in [0.2, 0.25) is 0 Å². The number of ether oxygens (including phenoxy) is 2. The van der Waals surface area contributed by atoms with E-state index >= 15 is 0 Å². The fourth-order valence-corrected chi connectivity index (χ4v) is 3.25. The summed E-state index contributed by atoms with van der Waals surface area (Å²) in [7, 11) is 0. The monoisotopic (exact) mass is 334 g/mol. The highest BCUT2D eigenvalue weighted by atomic mass is 32.1. The minimum atomic E-state index is -0.272. The second-order valence-corrected chi connectivity index (χ2v) is 6.41. The van der Waals surface area contributed by atoms with Gasteiger partial charge in [0.15, 0.2) is 5.11 Å². The Hall–Kier alpha value is -1.50. The van der Waals surface area contributed by atoms with E-state index in [2.05, 4.69) is 5.32 Å². The zero-order valence-corrected chi connectivity index (χ0v) is 14.1. The van der Waals surface area contributed by atoms with Crippen LogP contribution < -0.4 is 10.2 Å². The Morgan fingerprint density at radius 3 is 3.00 bits per heavy atom. The summed E-state index contributed by atoms with van der Waals surface area (Å²) >= 11 is 5.24. The predicted molar refractivity (Wildman–Crippen MR) is 92.4 cm³/mol. The topological polar surface area (TPSA) is 50.8 Å². The fraction of sp³-hybridized carbons (Fsp3) is 0.529. The molecule has 2 heterocycles. The Balaban J connectivity index is 1.59. The number of carbonyl (C=O) groups excluding carboxylic acids is 1. The molecule has 23 heavy (non-hydrogen) atoms. The van der Waals surface area contributed by atoms with Crippen molar-refractivity contribution in [3.63, 3.8) is 0 Å². The molecule has 2 atom stereocenters. The summed E-state index contributed by atoms with van der Waals surface area (Å²) in [4.78, 5) is 13.7. The number of hydrogen-bond acceptors (Lipinski definition) is 4. The molecule has 3 rings (SSSR count). The number of nitrogens with zero attached hydrogens (tertiary/aromatic N) is 1. The van der Waals surface area contributed by atoms with Gasteiger partial charge in [0, 0.05) is 6.61 Å². The van der Waals surface area contributed by atoms with E-state index in [-0.39, 0.29) is 18.1 Å². The van der Waals surface area contributed by atoms with E-state index in [1.807, 2.05) is 31.2 Å². The van der Waals surface area contributed by atoms with Crippen molar-refractivity contribution in [3.05, 3.63) is 29.8 Å². The van der Waals surface area contributed by atoms with Crippen LogP contribution in [0.1, 0.15) is 31.7 Å². The number of carbonyl (C=O) groups is 1. The smallest absolute Gasteiger partial charge is 0.255 e. The van der Waals surface area contributed by atoms with Gasteiger partial charge in [-0.15, -0.1) is 0 Å². The summed E-state index contributed by atoms with van der Waals surface area (Å²) in [5, 5.41) is 3.44. The number of hydrogen-bond donors (Lipinski definition) is 1. The fourth-order valence-electron chi connectivity index (χ4n) is 2.88. The Kier molecular flexibility index (Phi) is 5.25. The van der Waals surface area contributed by atoms with Crippen molar-refractivity contribution >= 4 is 28.9 Å². The van der Waals surface area contributed by atoms with Gasteiger partial charge in [-0.3, -0.25) is 9.69 Å². The first kappa shape index (κ1) is 16.4. The average molecular weight is 334 g/mol. The summed E-state index contributed by atoms with van der Waals surface area (Å²) in [6, 6.07) is 7.48. The van der Waals surface area contributed by atoms with Crippen molar-refractivity contribution in [2.75, 3.05) is 18.1 Å². The molecule has 2 saturated heterocycles. The molecule has 0 bridgehead atoms. The second-order valence-electron chi connectivity index (χ2n) is 6.02. The van der Waals surface area contributed by atoms with E-state index in [1.54, 1.807) is 4.90 Å². The van der Waals surface area contributed by atoms with Crippen molar-refractivity contribution in [2.24, 2.45) is 0 Å². The van der Waals surface area contributed by atoms with Gasteiger partial charge in [0.05, 0.1) is 25.0 Å². The van der Waals surface area contributed by atoms with Crippen molar-refractivity contribution in [3.8, 4) is 0 Å². The molecule has 2 aliphatic rings. The SMILES string of the molecule is C[C@@H]1NC(=S)N(c2cccc(COC[C@H]3CCCCO3)c2)C1=O. The van der Waals surface area contributed by atoms with E-state index in [9.17, 15) is 4.79 Å². The molecular formula is C17H22N2O3S. The van der Waals surface area contributed by atoms with Crippen LogP contribution >= 0.6 is 12.2 Å². The van der Waals surface area contributed by atoms with Crippen LogP contribution in [0.4, 0.5) is 5.69 Å². The molecular weight excluding hydrogens is 312 g/mol. The maximum Gasteiger partial charge on any atom is 0.255 e. The standard InChI is InChI=1S/C17H22N2O3S/c1-12-16(20)19(17(23)18-12)14-6-4-5-13(9-14)10-21-11-15-7-2-3-8-22-15/h4-6,9,12,15H,2-3,7-8,10-11H2,1H3,(H,18,23)/t12-,15+/m0/s1. The first-order valence-corrected chi connectivity index (χ1v) is 8.49. The summed E-state index contributed by atoms with van der Waals surface area (Å²) in [6.45, 7) is 3.77. The highest BCUT2D eigenvalue weighted by Crippen LogP contribution is 2.21. The molecule has 124 valence electrons. The minimum absolute atomic E-state index is 0.0244. The van der Waals surface area contributed by atoms with Gasteiger partial charge < -0.3 is 14.8 Å². The number of thiocarbonyl (C=S) groups is 1. The molecule has 1 aromatic carbocycles. The van der Waals surface area contributed by atoms with Gasteiger partial charge in [0.2, 0.25) is 0 Å². The molecule has 5 nitrogen and oxygen atoms in total. The zero-order chi connectivity index (χ0) is 16.2. The highest BCUT2D eigenvalue weighted by Gasteiger charge is 2.33. The maximum atomic E-state index is 12.2. The van der Waals surface area contributed by atoms with Crippen molar-refractivity contribution in [1.29, 1.82) is 0 Å². The van der Waals surface area contributed by atoms with Gasteiger partial charge in [-0.2, -0.15) is 0 Å². The second kappa shape index (κ2) is 7.38. The largest absolute Gasteiger partial charge is 0.376 e. The van der Waals surface area contributed by atoms with E-state index in [4.69, 9.17) is 21.7 Å². The van der Waals surface area contributed by atoms with Gasteiger partial charge in [-0.1, -0.05) is 12.1 Å². The normalized spacial score (nSPS) is 24.8. The molecule has 0 aromatic heterocycles. The summed E-state index contributed by atoms with van der Waals surface area (Å²) in [5.74, 6) is -0.0244. The lowest BCUT2D eigenvalue weighted by Gasteiger charge is -2.22. The molecule has 1 amide bonds. The van der Waals surface area contributed by atoms with Gasteiger partial charge in [0.25, 0.3) is 5.91 Å². The molecule has 0 saturated carbocycles. The zero-order valence-electron chi connectivity index (χ0n) is 13.3. The highest BCUT2D eigenvalue weighted by molar-refractivity contribution is 7.80. The van der Waals surface area contributed by atoms with Crippen LogP contribution in [0.5, 0.6) is 0 Å². The summed E-state index contributed by atoms with van der Waals surface area (Å²) in [5.41, 5.74) is 1.81. The quantitative estimate of drug-likeness (QED) is 0.838. The Labute approximate surface area is 141 Å². The molecule has 0 radical (unpaired) electrons. The third-order valence-electron chi connectivity index (χ3n) is 4.15. The molecule has 6 heteroatoms. The predicted octanol–water partition coefficient (Wildman–Crippen LogP) is 2.38. The molecule has 0 unspecified atom stereocenters. The molecule has 2 fully saturated rings. The molecule has 0 spiro atoms. The van der Waals surface area contributed by atoms with Crippen molar-refractivity contribution < 1.29 is 14.3 Å². The third-order valence-corrected chi connectivity index (χ3v) is 4.45. The molecule has 0 aliphatic carbocycles. The number of anilines is 1. The first-order chi connectivity index (χ1) is 11.1. The number of amides is 1. The summed E-state index contributed by atoms with van der Waals surface area (Å²) in [6.07, 6.45) is 3.64. The molecule has 1 aromatic rings. The van der Waals surface area contributed by atoms with Crippen LogP contribution in [-0.2, 0) is 20.9 Å². The average Bonchev–Trinajstić information content (AvgIpc) is 2.81. The van der Waals surface area contributed by atoms with E-state index < -0.39 is 0 Å². The van der Waals surface area contributed by atoms with Crippen LogP contribution in [0.25, 0.3) is 0 Å². The van der Waals surface area contributed by atoms with Crippen molar-refractivity contribution in [2.45, 2.75) is 44.9 Å². The first-order valence-electron chi connectivity index (χ1n) is 8.08. The lowest BCUT2D eigenvalue weighted by Crippen LogP contribution is -2.30. The van der Waals surface area contributed by atoms with Crippen LogP contribution in [-0.4, -0.2) is 36.4 Å². The lowest BCUT2D eigenvalue weighted by atomic mass is 10.1. The van der Waals surface area contributed by atoms with Gasteiger partial charge in [-0.05, 0) is 56.1 Å². The summed E-state index contributed by atoms with van der Waals surface area (Å²) < 4.78 is 11.4. The van der Waals surface area contributed by atoms with Gasteiger partial charge in [-0.25, -0.2) is 0 Å². The van der Waals surface area contributed by atoms with Gasteiger partial charge >= 0.3 is 0 Å². The van der Waals surface area contributed by atoms with Gasteiger partial charge in [0.1, 0.15) is 6.04 Å². The van der Waals surface area contributed by atoms with E-state index in [0.717, 1.165) is 30.7 Å². The number of nitrogens with one attached hydrogen (secondary N) is 1. The third kappa shape index (κ3) is 3.88. The van der Waals surface area contributed by atoms with E-state index in [0.29, 0.717) is 18.3 Å². The Bertz CT molecular complexity index is 587.